The zero-order valence-electron chi connectivity index (χ0n) is 15.9. The van der Waals surface area contributed by atoms with Gasteiger partial charge in [0, 0.05) is 12.2 Å². The third-order valence-electron chi connectivity index (χ3n) is 4.74. The highest BCUT2D eigenvalue weighted by molar-refractivity contribution is 5.89. The van der Waals surface area contributed by atoms with Crippen molar-refractivity contribution in [1.29, 1.82) is 0 Å². The van der Waals surface area contributed by atoms with Crippen LogP contribution in [0.5, 0.6) is 0 Å². The highest BCUT2D eigenvalue weighted by Gasteiger charge is 2.50. The van der Waals surface area contributed by atoms with E-state index in [0.717, 1.165) is 5.69 Å². The van der Waals surface area contributed by atoms with Crippen LogP contribution in [0.3, 0.4) is 0 Å². The fourth-order valence-corrected chi connectivity index (χ4v) is 3.30. The highest BCUT2D eigenvalue weighted by atomic mass is 16.6. The number of anilines is 1. The topological polar surface area (TPSA) is 97.9 Å². The Balaban J connectivity index is 1.50. The first kappa shape index (κ1) is 19.4. The third-order valence-corrected chi connectivity index (χ3v) is 4.74. The van der Waals surface area contributed by atoms with Crippen LogP contribution in [0.25, 0.3) is 0 Å². The van der Waals surface area contributed by atoms with E-state index in [9.17, 15) is 9.59 Å². The fraction of sp³-hybridized carbons (Fsp3) is 0.579. The lowest BCUT2D eigenvalue weighted by Gasteiger charge is -2.18. The summed E-state index contributed by atoms with van der Waals surface area (Å²) in [6.07, 6.45) is -1.67. The van der Waals surface area contributed by atoms with Crippen molar-refractivity contribution in [3.8, 4) is 0 Å². The number of amides is 3. The molecular formula is C19H27N3O5. The van der Waals surface area contributed by atoms with Crippen LogP contribution in [0.4, 0.5) is 15.3 Å². The van der Waals surface area contributed by atoms with Crippen LogP contribution < -0.4 is 16.0 Å². The summed E-state index contributed by atoms with van der Waals surface area (Å²) in [5, 5.41) is 8.28. The van der Waals surface area contributed by atoms with Crippen LogP contribution >= 0.6 is 0 Å². The van der Waals surface area contributed by atoms with Crippen molar-refractivity contribution in [2.75, 3.05) is 25.1 Å². The van der Waals surface area contributed by atoms with Crippen molar-refractivity contribution in [2.45, 2.75) is 51.0 Å². The number of hydrogen-bond acceptors (Lipinski definition) is 5. The van der Waals surface area contributed by atoms with E-state index < -0.39 is 12.2 Å². The molecule has 8 nitrogen and oxygen atoms in total. The van der Waals surface area contributed by atoms with Crippen LogP contribution in [0.15, 0.2) is 24.3 Å². The maximum absolute atomic E-state index is 12.3. The summed E-state index contributed by atoms with van der Waals surface area (Å²) in [6, 6.07) is 7.14. The molecule has 3 rings (SSSR count). The van der Waals surface area contributed by atoms with Gasteiger partial charge in [0.05, 0.1) is 19.3 Å². The van der Waals surface area contributed by atoms with Gasteiger partial charge in [-0.1, -0.05) is 26.0 Å². The zero-order chi connectivity index (χ0) is 19.4. The van der Waals surface area contributed by atoms with Crippen molar-refractivity contribution in [3.63, 3.8) is 0 Å². The lowest BCUT2D eigenvalue weighted by atomic mass is 10.0. The second-order valence-corrected chi connectivity index (χ2v) is 7.05. The molecule has 2 fully saturated rings. The largest absolute Gasteiger partial charge is 0.441 e. The monoisotopic (exact) mass is 377 g/mol. The summed E-state index contributed by atoms with van der Waals surface area (Å²) >= 11 is 0. The second-order valence-electron chi connectivity index (χ2n) is 7.05. The molecule has 0 spiro atoms. The summed E-state index contributed by atoms with van der Waals surface area (Å²) in [5.74, 6) is 0.439. The highest BCUT2D eigenvalue weighted by Crippen LogP contribution is 2.29. The molecule has 148 valence electrons. The Bertz CT molecular complexity index is 664. The second kappa shape index (κ2) is 8.58. The maximum Gasteiger partial charge on any atom is 0.407 e. The molecule has 1 aromatic carbocycles. The normalized spacial score (nSPS) is 26.5. The number of fused-ring (bicyclic) bond motifs is 1. The van der Waals surface area contributed by atoms with Gasteiger partial charge in [-0.25, -0.2) is 9.59 Å². The molecule has 0 aliphatic carbocycles. The van der Waals surface area contributed by atoms with E-state index in [4.69, 9.17) is 14.2 Å². The number of urea groups is 1. The Kier molecular flexibility index (Phi) is 6.18. The van der Waals surface area contributed by atoms with Gasteiger partial charge in [0.1, 0.15) is 12.2 Å². The minimum atomic E-state index is -0.491. The maximum atomic E-state index is 12.3. The Morgan fingerprint density at radius 1 is 1.15 bits per heavy atom. The molecule has 0 aromatic heterocycles. The van der Waals surface area contributed by atoms with E-state index in [2.05, 4.69) is 29.8 Å². The van der Waals surface area contributed by atoms with Crippen LogP contribution in [-0.4, -0.2) is 56.2 Å². The van der Waals surface area contributed by atoms with Gasteiger partial charge in [-0.2, -0.15) is 0 Å². The van der Waals surface area contributed by atoms with Crippen molar-refractivity contribution in [3.05, 3.63) is 29.8 Å². The average molecular weight is 377 g/mol. The molecule has 27 heavy (non-hydrogen) atoms. The molecule has 1 aromatic rings. The summed E-state index contributed by atoms with van der Waals surface area (Å²) < 4.78 is 16.7. The van der Waals surface area contributed by atoms with Crippen molar-refractivity contribution in [1.82, 2.24) is 10.6 Å². The molecule has 0 saturated carbocycles. The van der Waals surface area contributed by atoms with Gasteiger partial charge >= 0.3 is 12.1 Å². The standard InChI is InChI=1S/C19H27N3O5/c1-4-20-19(24)27-15-10-26-16-14(9-25-17(15)16)22-18(23)21-13-7-5-12(6-8-13)11(2)3/h5-8,11,14-17H,4,9-10H2,1-3H3,(H,20,24)(H2,21,22,23). The lowest BCUT2D eigenvalue weighted by Crippen LogP contribution is -2.46. The van der Waals surface area contributed by atoms with Crippen LogP contribution in [-0.2, 0) is 14.2 Å². The molecule has 0 radical (unpaired) electrons. The first-order chi connectivity index (χ1) is 13.0. The molecule has 4 unspecified atom stereocenters. The summed E-state index contributed by atoms with van der Waals surface area (Å²) in [5.41, 5.74) is 1.93. The van der Waals surface area contributed by atoms with Crippen molar-refractivity contribution in [2.24, 2.45) is 0 Å². The number of rotatable bonds is 5. The number of carbonyl (C=O) groups is 2. The predicted molar refractivity (Wildman–Crippen MR) is 99.9 cm³/mol. The molecule has 2 aliphatic heterocycles. The van der Waals surface area contributed by atoms with E-state index in [0.29, 0.717) is 19.1 Å². The van der Waals surface area contributed by atoms with Crippen LogP contribution in [0, 0.1) is 0 Å². The number of carbonyl (C=O) groups excluding carboxylic acids is 2. The third kappa shape index (κ3) is 4.70. The van der Waals surface area contributed by atoms with Gasteiger partial charge in [-0.15, -0.1) is 0 Å². The van der Waals surface area contributed by atoms with Gasteiger partial charge in [0.25, 0.3) is 0 Å². The number of ether oxygens (including phenoxy) is 3. The lowest BCUT2D eigenvalue weighted by molar-refractivity contribution is 0.00419. The molecule has 2 aliphatic rings. The Hall–Kier alpha value is -2.32. The van der Waals surface area contributed by atoms with Gasteiger partial charge < -0.3 is 30.2 Å². The number of hydrogen-bond donors (Lipinski definition) is 3. The number of alkyl carbamates (subject to hydrolysis) is 1. The Morgan fingerprint density at radius 2 is 1.85 bits per heavy atom. The zero-order valence-corrected chi connectivity index (χ0v) is 15.9. The quantitative estimate of drug-likeness (QED) is 0.731. The summed E-state index contributed by atoms with van der Waals surface area (Å²) in [4.78, 5) is 23.9. The Morgan fingerprint density at radius 3 is 2.52 bits per heavy atom. The minimum Gasteiger partial charge on any atom is -0.441 e. The van der Waals surface area contributed by atoms with E-state index >= 15 is 0 Å². The molecule has 3 amide bonds. The molecular weight excluding hydrogens is 350 g/mol. The van der Waals surface area contributed by atoms with Crippen LogP contribution in [0.2, 0.25) is 0 Å². The minimum absolute atomic E-state index is 0.253. The molecule has 0 bridgehead atoms. The molecule has 2 saturated heterocycles. The van der Waals surface area contributed by atoms with Crippen molar-refractivity contribution < 1.29 is 23.8 Å². The first-order valence-electron chi connectivity index (χ1n) is 9.33. The molecule has 2 heterocycles. The Labute approximate surface area is 158 Å². The number of nitrogens with one attached hydrogen (secondary N) is 3. The smallest absolute Gasteiger partial charge is 0.407 e. The van der Waals surface area contributed by atoms with Gasteiger partial charge in [0.15, 0.2) is 6.10 Å². The van der Waals surface area contributed by atoms with E-state index in [1.54, 1.807) is 0 Å². The van der Waals surface area contributed by atoms with E-state index in [-0.39, 0.29) is 30.9 Å². The SMILES string of the molecule is CCNC(=O)OC1COC2C(NC(=O)Nc3ccc(C(C)C)cc3)COC12. The molecule has 3 N–H and O–H groups in total. The fourth-order valence-electron chi connectivity index (χ4n) is 3.30. The van der Waals surface area contributed by atoms with Crippen molar-refractivity contribution >= 4 is 17.8 Å². The van der Waals surface area contributed by atoms with Gasteiger partial charge in [0.2, 0.25) is 0 Å². The van der Waals surface area contributed by atoms with Gasteiger partial charge in [-0.3, -0.25) is 0 Å². The van der Waals surface area contributed by atoms with Crippen LogP contribution in [0.1, 0.15) is 32.3 Å². The van der Waals surface area contributed by atoms with E-state index in [1.807, 2.05) is 31.2 Å². The molecule has 4 atom stereocenters. The number of benzene rings is 1. The van der Waals surface area contributed by atoms with Gasteiger partial charge in [-0.05, 0) is 30.5 Å². The summed E-state index contributed by atoms with van der Waals surface area (Å²) in [7, 11) is 0. The summed E-state index contributed by atoms with van der Waals surface area (Å²) in [6.45, 7) is 7.11. The molecule has 8 heteroatoms. The first-order valence-corrected chi connectivity index (χ1v) is 9.33. The van der Waals surface area contributed by atoms with E-state index in [1.165, 1.54) is 5.56 Å². The predicted octanol–water partition coefficient (Wildman–Crippen LogP) is 2.21. The average Bonchev–Trinajstić information content (AvgIpc) is 3.19.